The van der Waals surface area contributed by atoms with E-state index < -0.39 is 0 Å². The summed E-state index contributed by atoms with van der Waals surface area (Å²) in [6.07, 6.45) is 3.27. The molecule has 1 aliphatic heterocycles. The highest BCUT2D eigenvalue weighted by atomic mass is 35.5. The second kappa shape index (κ2) is 9.77. The van der Waals surface area contributed by atoms with Gasteiger partial charge in [-0.3, -0.25) is 9.69 Å². The van der Waals surface area contributed by atoms with Crippen molar-refractivity contribution in [2.45, 2.75) is 39.8 Å². The summed E-state index contributed by atoms with van der Waals surface area (Å²) in [5, 5.41) is 8.07. The van der Waals surface area contributed by atoms with E-state index in [0.717, 1.165) is 43.1 Å². The predicted octanol–water partition coefficient (Wildman–Crippen LogP) is 3.44. The Morgan fingerprint density at radius 1 is 1.23 bits per heavy atom. The van der Waals surface area contributed by atoms with Crippen molar-refractivity contribution < 1.29 is 9.53 Å². The predicted molar refractivity (Wildman–Crippen MR) is 121 cm³/mol. The van der Waals surface area contributed by atoms with Crippen molar-refractivity contribution in [1.82, 2.24) is 20.0 Å². The number of amides is 1. The van der Waals surface area contributed by atoms with Gasteiger partial charge in [-0.1, -0.05) is 41.4 Å². The quantitative estimate of drug-likeness (QED) is 0.683. The monoisotopic (exact) mass is 430 g/mol. The van der Waals surface area contributed by atoms with Crippen LogP contribution >= 0.6 is 11.6 Å². The van der Waals surface area contributed by atoms with Crippen LogP contribution in [0.25, 0.3) is 6.08 Å². The number of nitrogens with zero attached hydrogens (tertiary/aromatic N) is 3. The van der Waals surface area contributed by atoms with Crippen LogP contribution in [0, 0.1) is 13.8 Å². The van der Waals surface area contributed by atoms with Gasteiger partial charge in [0, 0.05) is 36.8 Å². The van der Waals surface area contributed by atoms with Gasteiger partial charge in [0.2, 0.25) is 5.91 Å². The van der Waals surface area contributed by atoms with E-state index in [0.29, 0.717) is 18.2 Å². The number of ether oxygens (including phenoxy) is 1. The fourth-order valence-corrected chi connectivity index (χ4v) is 3.83. The van der Waals surface area contributed by atoms with Gasteiger partial charge in [-0.2, -0.15) is 5.10 Å². The third kappa shape index (κ3) is 5.72. The fourth-order valence-electron chi connectivity index (χ4n) is 3.53. The number of morpholine rings is 1. The van der Waals surface area contributed by atoms with Crippen molar-refractivity contribution in [2.75, 3.05) is 32.8 Å². The molecule has 162 valence electrons. The molecule has 1 N–H and O–H groups in total. The van der Waals surface area contributed by atoms with Crippen LogP contribution in [0.5, 0.6) is 0 Å². The molecular formula is C23H31ClN4O2. The number of carbonyl (C=O) groups excluding carboxylic acids is 1. The third-order valence-electron chi connectivity index (χ3n) is 5.53. The molecule has 6 nitrogen and oxygen atoms in total. The Labute approximate surface area is 183 Å². The summed E-state index contributed by atoms with van der Waals surface area (Å²) in [6, 6.07) is 8.29. The van der Waals surface area contributed by atoms with Crippen molar-refractivity contribution in [2.24, 2.45) is 0 Å². The second-order valence-corrected chi connectivity index (χ2v) is 8.75. The van der Waals surface area contributed by atoms with Gasteiger partial charge in [0.1, 0.15) is 5.15 Å². The maximum atomic E-state index is 12.4. The minimum atomic E-state index is -0.141. The van der Waals surface area contributed by atoms with E-state index in [-0.39, 0.29) is 11.4 Å². The smallest absolute Gasteiger partial charge is 0.244 e. The molecule has 30 heavy (non-hydrogen) atoms. The van der Waals surface area contributed by atoms with Crippen LogP contribution in [0.1, 0.15) is 36.2 Å². The normalized spacial score (nSPS) is 15.6. The molecular weight excluding hydrogens is 400 g/mol. The lowest BCUT2D eigenvalue weighted by Gasteiger charge is -2.40. The highest BCUT2D eigenvalue weighted by molar-refractivity contribution is 6.31. The summed E-state index contributed by atoms with van der Waals surface area (Å²) in [5.41, 5.74) is 3.78. The van der Waals surface area contributed by atoms with E-state index in [9.17, 15) is 4.79 Å². The maximum absolute atomic E-state index is 12.4. The van der Waals surface area contributed by atoms with Gasteiger partial charge >= 0.3 is 0 Å². The first kappa shape index (κ1) is 22.5. The lowest BCUT2D eigenvalue weighted by molar-refractivity contribution is -0.117. The zero-order valence-corrected chi connectivity index (χ0v) is 19.0. The van der Waals surface area contributed by atoms with Gasteiger partial charge in [-0.05, 0) is 39.3 Å². The third-order valence-corrected chi connectivity index (χ3v) is 5.92. The largest absolute Gasteiger partial charge is 0.379 e. The lowest BCUT2D eigenvalue weighted by Crippen LogP contribution is -2.55. The first-order valence-corrected chi connectivity index (χ1v) is 10.7. The Balaban J connectivity index is 1.60. The number of hydrogen-bond acceptors (Lipinski definition) is 4. The van der Waals surface area contributed by atoms with E-state index in [4.69, 9.17) is 16.3 Å². The van der Waals surface area contributed by atoms with Gasteiger partial charge in [-0.15, -0.1) is 0 Å². The molecule has 0 aliphatic carbocycles. The molecule has 1 aromatic heterocycles. The van der Waals surface area contributed by atoms with Crippen molar-refractivity contribution in [3.8, 4) is 0 Å². The van der Waals surface area contributed by atoms with Crippen molar-refractivity contribution in [3.63, 3.8) is 0 Å². The number of aromatic nitrogens is 2. The Morgan fingerprint density at radius 2 is 1.90 bits per heavy atom. The molecule has 7 heteroatoms. The first-order chi connectivity index (χ1) is 14.3. The van der Waals surface area contributed by atoms with Gasteiger partial charge in [0.15, 0.2) is 0 Å². The van der Waals surface area contributed by atoms with Gasteiger partial charge < -0.3 is 10.1 Å². The number of hydrogen-bond donors (Lipinski definition) is 1. The molecule has 0 unspecified atom stereocenters. The summed E-state index contributed by atoms with van der Waals surface area (Å²) in [4.78, 5) is 14.7. The Morgan fingerprint density at radius 3 is 2.57 bits per heavy atom. The van der Waals surface area contributed by atoms with E-state index >= 15 is 0 Å². The summed E-state index contributed by atoms with van der Waals surface area (Å²) >= 11 is 6.54. The van der Waals surface area contributed by atoms with Crippen LogP contribution in [-0.2, 0) is 16.1 Å². The minimum Gasteiger partial charge on any atom is -0.379 e. The van der Waals surface area contributed by atoms with Crippen molar-refractivity contribution in [1.29, 1.82) is 0 Å². The molecule has 0 radical (unpaired) electrons. The fraction of sp³-hybridized carbons (Fsp3) is 0.478. The van der Waals surface area contributed by atoms with Gasteiger partial charge in [-0.25, -0.2) is 4.68 Å². The molecule has 1 aromatic carbocycles. The Hall–Kier alpha value is -2.15. The van der Waals surface area contributed by atoms with Crippen LogP contribution < -0.4 is 5.32 Å². The summed E-state index contributed by atoms with van der Waals surface area (Å²) < 4.78 is 7.18. The minimum absolute atomic E-state index is 0.125. The van der Waals surface area contributed by atoms with Crippen molar-refractivity contribution >= 4 is 23.6 Å². The molecule has 0 spiro atoms. The van der Waals surface area contributed by atoms with E-state index in [1.54, 1.807) is 10.8 Å². The SMILES string of the molecule is Cc1ccc(Cn2nc(C)c(/C=C/C(=O)NCC(C)(C)N3CCOCC3)c2Cl)cc1. The number of carbonyl (C=O) groups is 1. The molecule has 3 rings (SSSR count). The average Bonchev–Trinajstić information content (AvgIpc) is 3.00. The van der Waals surface area contributed by atoms with Crippen LogP contribution in [-0.4, -0.2) is 59.0 Å². The molecule has 1 amide bonds. The second-order valence-electron chi connectivity index (χ2n) is 8.40. The van der Waals surface area contributed by atoms with Crippen LogP contribution in [0.3, 0.4) is 0 Å². The molecule has 1 aliphatic rings. The lowest BCUT2D eigenvalue weighted by atomic mass is 10.0. The Bertz CT molecular complexity index is 897. The topological polar surface area (TPSA) is 59.4 Å². The van der Waals surface area contributed by atoms with Crippen LogP contribution in [0.15, 0.2) is 30.3 Å². The number of rotatable bonds is 7. The highest BCUT2D eigenvalue weighted by Gasteiger charge is 2.28. The number of halogens is 1. The number of aryl methyl sites for hydroxylation is 2. The molecule has 0 bridgehead atoms. The highest BCUT2D eigenvalue weighted by Crippen LogP contribution is 2.22. The zero-order valence-electron chi connectivity index (χ0n) is 18.2. The van der Waals surface area contributed by atoms with E-state index in [2.05, 4.69) is 60.4 Å². The van der Waals surface area contributed by atoms with Crippen LogP contribution in [0.4, 0.5) is 0 Å². The summed E-state index contributed by atoms with van der Waals surface area (Å²) in [7, 11) is 0. The molecule has 1 fully saturated rings. The maximum Gasteiger partial charge on any atom is 0.244 e. The molecule has 2 aromatic rings. The molecule has 2 heterocycles. The molecule has 1 saturated heterocycles. The Kier molecular flexibility index (Phi) is 7.34. The van der Waals surface area contributed by atoms with Gasteiger partial charge in [0.25, 0.3) is 0 Å². The first-order valence-electron chi connectivity index (χ1n) is 10.3. The molecule has 0 saturated carbocycles. The van der Waals surface area contributed by atoms with E-state index in [1.807, 2.05) is 6.92 Å². The summed E-state index contributed by atoms with van der Waals surface area (Å²) in [5.74, 6) is -0.141. The van der Waals surface area contributed by atoms with Crippen molar-refractivity contribution in [3.05, 3.63) is 57.9 Å². The average molecular weight is 431 g/mol. The number of benzene rings is 1. The van der Waals surface area contributed by atoms with Gasteiger partial charge in [0.05, 0.1) is 25.5 Å². The number of nitrogens with one attached hydrogen (secondary N) is 1. The standard InChI is InChI=1S/C23H31ClN4O2/c1-17-5-7-19(8-6-17)15-28-22(24)20(18(2)26-28)9-10-21(29)25-16-23(3,4)27-11-13-30-14-12-27/h5-10H,11-16H2,1-4H3,(H,25,29)/b10-9+. The molecule has 0 atom stereocenters. The van der Waals surface area contributed by atoms with E-state index in [1.165, 1.54) is 11.6 Å². The summed E-state index contributed by atoms with van der Waals surface area (Å²) in [6.45, 7) is 12.6. The zero-order chi connectivity index (χ0) is 21.7. The van der Waals surface area contributed by atoms with Crippen LogP contribution in [0.2, 0.25) is 5.15 Å².